The van der Waals surface area contributed by atoms with Crippen LogP contribution in [0.5, 0.6) is 0 Å². The quantitative estimate of drug-likeness (QED) is 0.278. The van der Waals surface area contributed by atoms with Crippen LogP contribution in [-0.2, 0) is 0 Å². The molecule has 0 aliphatic rings. The normalized spacial score (nSPS) is 12.4. The summed E-state index contributed by atoms with van der Waals surface area (Å²) in [6, 6.07) is 0. The molecule has 0 aromatic carbocycles. The summed E-state index contributed by atoms with van der Waals surface area (Å²) in [6.45, 7) is 0. The van der Waals surface area contributed by atoms with E-state index in [4.69, 9.17) is 5.53 Å². The summed E-state index contributed by atoms with van der Waals surface area (Å²) in [6.07, 6.45) is 0. The molecule has 4 heteroatoms. The van der Waals surface area contributed by atoms with Crippen LogP contribution in [0.2, 0.25) is 14.9 Å². The maximum absolute atomic E-state index is 7.91. The van der Waals surface area contributed by atoms with Gasteiger partial charge in [-0.15, -0.1) is 0 Å². The Morgan fingerprint density at radius 3 is 1.86 bits per heavy atom. The average molecular weight is 215 g/mol. The second-order valence-electron chi connectivity index (χ2n) is 1.94. The number of nitrogens with zero attached hydrogens (tertiary/aromatic N) is 3. The van der Waals surface area contributed by atoms with Gasteiger partial charge >= 0.3 is 47.2 Å². The molecule has 0 amide bonds. The molecule has 0 aromatic heterocycles. The van der Waals surface area contributed by atoms with Crippen molar-refractivity contribution in [1.29, 1.82) is 0 Å². The molecule has 0 saturated carbocycles. The number of rotatable bonds is 1. The third-order valence-electron chi connectivity index (χ3n) is 0.281. The molecule has 42 valence electrons. The fraction of sp³-hybridized carbons (Fsp3) is 1.00. The molecule has 0 fully saturated rings. The fourth-order valence-electron chi connectivity index (χ4n) is 0.110. The molecule has 0 heterocycles. The summed E-state index contributed by atoms with van der Waals surface area (Å²) in [5, 5.41) is 0. The van der Waals surface area contributed by atoms with Crippen molar-refractivity contribution in [2.75, 3.05) is 0 Å². The molecular weight excluding hydrogens is 206 g/mol. The van der Waals surface area contributed by atoms with Crippen LogP contribution in [0.1, 0.15) is 0 Å². The first-order valence-corrected chi connectivity index (χ1v) is 9.84. The fourth-order valence-corrected chi connectivity index (χ4v) is 0.735. The number of hydrogen-bond donors (Lipinski definition) is 0. The van der Waals surface area contributed by atoms with Gasteiger partial charge in [0.25, 0.3) is 0 Å². The van der Waals surface area contributed by atoms with Crippen LogP contribution in [0.15, 0.2) is 3.36 Å². The molecule has 0 aliphatic heterocycles. The molecule has 0 spiro atoms. The standard InChI is InChI=1S/C3H9N3Te/c1-7(2,3)6-5-4/h1-3H3. The van der Waals surface area contributed by atoms with Crippen molar-refractivity contribution in [3.63, 3.8) is 0 Å². The molecule has 0 aromatic rings. The van der Waals surface area contributed by atoms with Gasteiger partial charge in [-0.1, -0.05) is 0 Å². The van der Waals surface area contributed by atoms with Crippen molar-refractivity contribution in [3.05, 3.63) is 10.4 Å². The molecule has 3 nitrogen and oxygen atoms in total. The van der Waals surface area contributed by atoms with Gasteiger partial charge in [0.2, 0.25) is 0 Å². The average Bonchev–Trinajstić information content (AvgIpc) is 1.30. The van der Waals surface area contributed by atoms with E-state index in [2.05, 4.69) is 8.28 Å². The summed E-state index contributed by atoms with van der Waals surface area (Å²) in [4.78, 5) is 8.85. The van der Waals surface area contributed by atoms with Gasteiger partial charge < -0.3 is 0 Å². The van der Waals surface area contributed by atoms with Gasteiger partial charge in [0, 0.05) is 0 Å². The van der Waals surface area contributed by atoms with E-state index in [1.54, 1.807) is 0 Å². The molecule has 7 heavy (non-hydrogen) atoms. The van der Waals surface area contributed by atoms with Crippen molar-refractivity contribution in [3.8, 4) is 0 Å². The van der Waals surface area contributed by atoms with Crippen molar-refractivity contribution in [2.24, 2.45) is 3.36 Å². The zero-order valence-corrected chi connectivity index (χ0v) is 7.08. The molecular formula is C3H9N3Te. The van der Waals surface area contributed by atoms with Crippen molar-refractivity contribution < 1.29 is 0 Å². The van der Waals surface area contributed by atoms with Gasteiger partial charge in [-0.3, -0.25) is 0 Å². The summed E-state index contributed by atoms with van der Waals surface area (Å²) in [5.41, 5.74) is 7.91. The van der Waals surface area contributed by atoms with E-state index in [1.165, 1.54) is 0 Å². The van der Waals surface area contributed by atoms with Gasteiger partial charge in [0.15, 0.2) is 0 Å². The predicted molar refractivity (Wildman–Crippen MR) is 32.5 cm³/mol. The zero-order valence-electron chi connectivity index (χ0n) is 4.75. The van der Waals surface area contributed by atoms with E-state index in [-0.39, 0.29) is 0 Å². The van der Waals surface area contributed by atoms with Crippen LogP contribution in [-0.4, -0.2) is 18.5 Å². The van der Waals surface area contributed by atoms with Gasteiger partial charge in [0.05, 0.1) is 0 Å². The van der Waals surface area contributed by atoms with Crippen LogP contribution in [0.4, 0.5) is 0 Å². The molecule has 0 saturated heterocycles. The van der Waals surface area contributed by atoms with Crippen molar-refractivity contribution >= 4 is 18.5 Å². The molecule has 0 unspecified atom stereocenters. The summed E-state index contributed by atoms with van der Waals surface area (Å²) >= 11 is -1.89. The number of azide groups is 1. The second kappa shape index (κ2) is 2.42. The van der Waals surface area contributed by atoms with E-state index < -0.39 is 18.5 Å². The monoisotopic (exact) mass is 217 g/mol. The Bertz CT molecular complexity index is 97.2. The Labute approximate surface area is 47.5 Å². The third kappa shape index (κ3) is 6.10. The topological polar surface area (TPSA) is 48.8 Å². The van der Waals surface area contributed by atoms with Gasteiger partial charge in [-0.2, -0.15) is 0 Å². The van der Waals surface area contributed by atoms with Crippen molar-refractivity contribution in [1.82, 2.24) is 0 Å². The van der Waals surface area contributed by atoms with E-state index in [0.717, 1.165) is 0 Å². The Balaban J connectivity index is 3.80. The van der Waals surface area contributed by atoms with E-state index in [0.29, 0.717) is 0 Å². The van der Waals surface area contributed by atoms with Gasteiger partial charge in [0.1, 0.15) is 0 Å². The molecule has 0 N–H and O–H groups in total. The van der Waals surface area contributed by atoms with E-state index >= 15 is 0 Å². The first-order chi connectivity index (χ1) is 3.06. The second-order valence-corrected chi connectivity index (χ2v) is 12.5. The van der Waals surface area contributed by atoms with E-state index in [9.17, 15) is 0 Å². The molecule has 0 bridgehead atoms. The molecule has 0 atom stereocenters. The van der Waals surface area contributed by atoms with E-state index in [1.807, 2.05) is 14.9 Å². The first-order valence-electron chi connectivity index (χ1n) is 1.81. The molecule has 0 rings (SSSR count). The third-order valence-corrected chi connectivity index (χ3v) is 1.89. The summed E-state index contributed by atoms with van der Waals surface area (Å²) in [7, 11) is 0. The van der Waals surface area contributed by atoms with Gasteiger partial charge in [-0.25, -0.2) is 0 Å². The Kier molecular flexibility index (Phi) is 2.45. The SMILES string of the molecule is C[Te](C)(C)N=[N+]=[N-]. The Morgan fingerprint density at radius 1 is 1.43 bits per heavy atom. The van der Waals surface area contributed by atoms with Gasteiger partial charge in [-0.05, 0) is 0 Å². The first kappa shape index (κ1) is 7.10. The summed E-state index contributed by atoms with van der Waals surface area (Å²) < 4.78 is 3.63. The molecule has 0 aliphatic carbocycles. The number of hydrogen-bond acceptors (Lipinski definition) is 1. The van der Waals surface area contributed by atoms with Crippen molar-refractivity contribution in [2.45, 2.75) is 14.9 Å². The maximum atomic E-state index is 7.91. The van der Waals surface area contributed by atoms with Crippen LogP contribution < -0.4 is 0 Å². The minimum absolute atomic E-state index is 1.89. The zero-order chi connectivity index (χ0) is 5.91. The van der Waals surface area contributed by atoms with Crippen LogP contribution in [0.25, 0.3) is 10.4 Å². The predicted octanol–water partition coefficient (Wildman–Crippen LogP) is 2.13. The summed E-state index contributed by atoms with van der Waals surface area (Å²) in [5.74, 6) is 0. The van der Waals surface area contributed by atoms with Crippen LogP contribution in [0.3, 0.4) is 0 Å². The Hall–Kier alpha value is 0.0996. The van der Waals surface area contributed by atoms with Crippen LogP contribution in [0, 0.1) is 0 Å². The minimum atomic E-state index is -1.89. The Morgan fingerprint density at radius 2 is 1.86 bits per heavy atom. The molecule has 0 radical (unpaired) electrons. The van der Waals surface area contributed by atoms with Crippen LogP contribution >= 0.6 is 0 Å².